The summed E-state index contributed by atoms with van der Waals surface area (Å²) in [5.74, 6) is 1.74. The Morgan fingerprint density at radius 3 is 2.30 bits per heavy atom. The molecule has 0 saturated carbocycles. The van der Waals surface area contributed by atoms with E-state index >= 15 is 0 Å². The number of nitrogens with zero attached hydrogens (tertiary/aromatic N) is 6. The third-order valence-corrected chi connectivity index (χ3v) is 8.20. The van der Waals surface area contributed by atoms with E-state index in [9.17, 15) is 0 Å². The minimum atomic E-state index is -0.0488. The van der Waals surface area contributed by atoms with Gasteiger partial charge in [0.05, 0.1) is 5.69 Å². The van der Waals surface area contributed by atoms with Crippen molar-refractivity contribution in [3.05, 3.63) is 120 Å². The minimum absolute atomic E-state index is 0. The van der Waals surface area contributed by atoms with E-state index in [1.165, 1.54) is 5.56 Å². The van der Waals surface area contributed by atoms with Crippen LogP contribution in [0.4, 0.5) is 17.1 Å². The molecule has 46 heavy (non-hydrogen) atoms. The Morgan fingerprint density at radius 2 is 1.57 bits per heavy atom. The molecule has 0 radical (unpaired) electrons. The number of hydrogen-bond acceptors (Lipinski definition) is 6. The zero-order valence-corrected chi connectivity index (χ0v) is 29.3. The smallest absolute Gasteiger partial charge is 0.151 e. The second-order valence-corrected chi connectivity index (χ2v) is 12.7. The van der Waals surface area contributed by atoms with Gasteiger partial charge in [-0.1, -0.05) is 50.6 Å². The fraction of sp³-hybridized carbons (Fsp3) is 0.211. The molecule has 236 valence electrons. The molecular formula is C38H35N6OPt-3. The van der Waals surface area contributed by atoms with Crippen molar-refractivity contribution in [2.24, 2.45) is 0 Å². The van der Waals surface area contributed by atoms with E-state index in [-0.39, 0.29) is 26.5 Å². The normalized spacial score (nSPS) is 12.8. The van der Waals surface area contributed by atoms with Gasteiger partial charge >= 0.3 is 0 Å². The number of fused-ring (bicyclic) bond motifs is 2. The number of benzene rings is 3. The predicted molar refractivity (Wildman–Crippen MR) is 180 cm³/mol. The van der Waals surface area contributed by atoms with Gasteiger partial charge in [-0.25, -0.2) is 9.67 Å². The Hall–Kier alpha value is -4.48. The molecule has 0 bridgehead atoms. The van der Waals surface area contributed by atoms with Crippen molar-refractivity contribution in [3.8, 4) is 28.6 Å². The summed E-state index contributed by atoms with van der Waals surface area (Å²) < 4.78 is 8.20. The molecule has 0 saturated heterocycles. The molecule has 3 aromatic carbocycles. The zero-order valence-electron chi connectivity index (χ0n) is 27.0. The minimum Gasteiger partial charge on any atom is -0.508 e. The summed E-state index contributed by atoms with van der Waals surface area (Å²) in [4.78, 5) is 13.8. The molecule has 7 rings (SSSR count). The van der Waals surface area contributed by atoms with Gasteiger partial charge in [0, 0.05) is 55.7 Å². The van der Waals surface area contributed by atoms with E-state index in [0.717, 1.165) is 50.5 Å². The summed E-state index contributed by atoms with van der Waals surface area (Å²) >= 11 is 0. The molecule has 1 aliphatic rings. The van der Waals surface area contributed by atoms with E-state index in [0.29, 0.717) is 22.8 Å². The molecule has 0 aliphatic carbocycles. The number of hydrogen-bond donors (Lipinski definition) is 0. The zero-order chi connectivity index (χ0) is 31.5. The first kappa shape index (κ1) is 31.5. The first-order valence-corrected chi connectivity index (χ1v) is 15.1. The van der Waals surface area contributed by atoms with Crippen LogP contribution in [-0.2, 0) is 26.5 Å². The van der Waals surface area contributed by atoms with Crippen molar-refractivity contribution in [2.45, 2.75) is 47.0 Å². The average Bonchev–Trinajstić information content (AvgIpc) is 3.54. The first-order chi connectivity index (χ1) is 21.6. The van der Waals surface area contributed by atoms with Crippen LogP contribution in [0, 0.1) is 39.6 Å². The maximum atomic E-state index is 6.36. The molecule has 0 atom stereocenters. The van der Waals surface area contributed by atoms with Gasteiger partial charge < -0.3 is 19.5 Å². The second-order valence-electron chi connectivity index (χ2n) is 12.7. The van der Waals surface area contributed by atoms with Gasteiger partial charge in [0.1, 0.15) is 0 Å². The maximum absolute atomic E-state index is 6.36. The van der Waals surface area contributed by atoms with Crippen molar-refractivity contribution >= 4 is 28.1 Å². The molecule has 8 heteroatoms. The summed E-state index contributed by atoms with van der Waals surface area (Å²) in [6.45, 7) is 15.0. The number of ether oxygens (including phenoxy) is 1. The van der Waals surface area contributed by atoms with Crippen LogP contribution in [0.1, 0.15) is 43.0 Å². The first-order valence-electron chi connectivity index (χ1n) is 15.1. The van der Waals surface area contributed by atoms with E-state index in [2.05, 4.69) is 99.9 Å². The van der Waals surface area contributed by atoms with Crippen LogP contribution in [0.15, 0.2) is 79.1 Å². The number of aryl methyl sites for hydroxylation is 3. The van der Waals surface area contributed by atoms with Crippen LogP contribution < -0.4 is 14.5 Å². The SMILES string of the molecule is Cc1cc(C)c(-c2nn(-c3cc(C(C)(C)C)ccn3)c3[c-]c(Oc4[c-]c(N5[CH-]N(C)c6ccccc65)ccc4)cnc23)c(C)c1.[Pt]. The summed E-state index contributed by atoms with van der Waals surface area (Å²) in [5, 5.41) is 5.13. The molecule has 4 heterocycles. The molecular weight excluding hydrogens is 752 g/mol. The standard InChI is InChI=1S/C38H35N6O.Pt/c1-24-17-25(2)35(26(3)18-24)37-36-33(44(41-37)34-19-27(15-16-39-34)38(4,5)6)21-30(22-40-36)45-29-12-10-11-28(20-29)43-23-42(7)31-13-8-9-14-32(31)43;/h8-19,22-23H,1-7H3;/q-3;. The molecule has 0 spiro atoms. The molecule has 6 aromatic rings. The molecule has 0 N–H and O–H groups in total. The molecule has 1 aliphatic heterocycles. The van der Waals surface area contributed by atoms with Crippen molar-refractivity contribution in [2.75, 3.05) is 16.8 Å². The van der Waals surface area contributed by atoms with E-state index < -0.39 is 0 Å². The van der Waals surface area contributed by atoms with E-state index in [4.69, 9.17) is 19.8 Å². The number of anilines is 3. The summed E-state index contributed by atoms with van der Waals surface area (Å²) in [6, 6.07) is 29.6. The van der Waals surface area contributed by atoms with Crippen LogP contribution in [0.5, 0.6) is 11.5 Å². The van der Waals surface area contributed by atoms with Crippen LogP contribution in [-0.4, -0.2) is 26.8 Å². The van der Waals surface area contributed by atoms with Gasteiger partial charge in [0.15, 0.2) is 5.82 Å². The molecule has 3 aromatic heterocycles. The van der Waals surface area contributed by atoms with Crippen LogP contribution in [0.2, 0.25) is 0 Å². The summed E-state index contributed by atoms with van der Waals surface area (Å²) in [7, 11) is 2.04. The summed E-state index contributed by atoms with van der Waals surface area (Å²) in [5.41, 5.74) is 11.0. The fourth-order valence-electron chi connectivity index (χ4n) is 6.07. The van der Waals surface area contributed by atoms with Crippen LogP contribution in [0.3, 0.4) is 0 Å². The maximum Gasteiger partial charge on any atom is 0.151 e. The van der Waals surface area contributed by atoms with Crippen molar-refractivity contribution in [3.63, 3.8) is 0 Å². The second kappa shape index (κ2) is 12.0. The van der Waals surface area contributed by atoms with Gasteiger partial charge in [-0.05, 0) is 91.5 Å². The van der Waals surface area contributed by atoms with Crippen LogP contribution >= 0.6 is 0 Å². The van der Waals surface area contributed by atoms with Crippen LogP contribution in [0.25, 0.3) is 28.1 Å². The molecule has 0 amide bonds. The average molecular weight is 787 g/mol. The molecule has 0 unspecified atom stereocenters. The van der Waals surface area contributed by atoms with Gasteiger partial charge in [0.2, 0.25) is 0 Å². The van der Waals surface area contributed by atoms with Gasteiger partial charge in [-0.3, -0.25) is 0 Å². The van der Waals surface area contributed by atoms with Gasteiger partial charge in [0.25, 0.3) is 0 Å². The third-order valence-electron chi connectivity index (χ3n) is 8.20. The Kier molecular flexibility index (Phi) is 8.24. The number of pyridine rings is 2. The number of rotatable bonds is 5. The Morgan fingerprint density at radius 1 is 0.826 bits per heavy atom. The Balaban J connectivity index is 0.00000372. The van der Waals surface area contributed by atoms with E-state index in [1.54, 1.807) is 6.20 Å². The number of para-hydroxylation sites is 2. The topological polar surface area (TPSA) is 59.3 Å². The fourth-order valence-corrected chi connectivity index (χ4v) is 6.07. The third kappa shape index (κ3) is 5.69. The largest absolute Gasteiger partial charge is 0.508 e. The quantitative estimate of drug-likeness (QED) is 0.163. The molecule has 0 fully saturated rings. The van der Waals surface area contributed by atoms with Gasteiger partial charge in [-0.15, -0.1) is 30.0 Å². The predicted octanol–water partition coefficient (Wildman–Crippen LogP) is 8.80. The Bertz CT molecular complexity index is 2060. The van der Waals surface area contributed by atoms with Gasteiger partial charge in [-0.2, -0.15) is 17.8 Å². The van der Waals surface area contributed by atoms with Crippen molar-refractivity contribution < 1.29 is 25.8 Å². The van der Waals surface area contributed by atoms with Crippen molar-refractivity contribution in [1.82, 2.24) is 19.7 Å². The van der Waals surface area contributed by atoms with E-state index in [1.807, 2.05) is 54.9 Å². The number of aromatic nitrogens is 4. The van der Waals surface area contributed by atoms with Crippen molar-refractivity contribution in [1.29, 1.82) is 0 Å². The molecule has 7 nitrogen and oxygen atoms in total. The monoisotopic (exact) mass is 786 g/mol. The summed E-state index contributed by atoms with van der Waals surface area (Å²) in [6.07, 6.45) is 3.55. The Labute approximate surface area is 285 Å².